The maximum Gasteiger partial charge on any atom is 0.0488 e. The van der Waals surface area contributed by atoms with Crippen molar-refractivity contribution in [1.82, 2.24) is 0 Å². The van der Waals surface area contributed by atoms with Crippen molar-refractivity contribution in [3.8, 4) is 0 Å². The lowest BCUT2D eigenvalue weighted by Crippen LogP contribution is -2.17. The van der Waals surface area contributed by atoms with Crippen molar-refractivity contribution in [2.75, 3.05) is 6.54 Å². The normalized spacial score (nSPS) is 15.4. The summed E-state index contributed by atoms with van der Waals surface area (Å²) in [5, 5.41) is 0.178. The zero-order valence-corrected chi connectivity index (χ0v) is 12.7. The molecule has 2 atom stereocenters. The average molecular weight is 267 g/mol. The molecular weight excluding hydrogens is 242 g/mol. The fourth-order valence-corrected chi connectivity index (χ4v) is 2.98. The van der Waals surface area contributed by atoms with Crippen molar-refractivity contribution in [1.29, 1.82) is 0 Å². The molecule has 0 amide bonds. The first kappa shape index (κ1) is 15.4. The molecule has 2 unspecified atom stereocenters. The van der Waals surface area contributed by atoms with Crippen molar-refractivity contribution >= 4 is 10.8 Å². The molecule has 2 N–H and O–H groups in total. The van der Waals surface area contributed by atoms with Gasteiger partial charge in [-0.3, -0.25) is 4.21 Å². The molecule has 1 aromatic carbocycles. The predicted molar refractivity (Wildman–Crippen MR) is 80.1 cm³/mol. The van der Waals surface area contributed by atoms with Crippen molar-refractivity contribution in [2.24, 2.45) is 5.73 Å². The van der Waals surface area contributed by atoms with Gasteiger partial charge in [0.15, 0.2) is 0 Å². The molecule has 18 heavy (non-hydrogen) atoms. The highest BCUT2D eigenvalue weighted by Gasteiger charge is 2.14. The van der Waals surface area contributed by atoms with Crippen LogP contribution in [0.25, 0.3) is 0 Å². The van der Waals surface area contributed by atoms with Gasteiger partial charge >= 0.3 is 0 Å². The first-order valence-corrected chi connectivity index (χ1v) is 7.89. The zero-order valence-electron chi connectivity index (χ0n) is 11.9. The number of rotatable bonds is 5. The van der Waals surface area contributed by atoms with Gasteiger partial charge < -0.3 is 5.73 Å². The van der Waals surface area contributed by atoms with Crippen molar-refractivity contribution < 1.29 is 4.21 Å². The molecule has 3 heteroatoms. The minimum atomic E-state index is -0.823. The molecule has 0 aliphatic heterocycles. The molecule has 0 aliphatic rings. The first-order valence-electron chi connectivity index (χ1n) is 6.51. The highest BCUT2D eigenvalue weighted by molar-refractivity contribution is 7.84. The topological polar surface area (TPSA) is 43.1 Å². The number of benzene rings is 1. The fourth-order valence-electron chi connectivity index (χ4n) is 1.77. The second-order valence-corrected chi connectivity index (χ2v) is 7.71. The van der Waals surface area contributed by atoms with E-state index in [4.69, 9.17) is 5.73 Å². The Labute approximate surface area is 113 Å². The van der Waals surface area contributed by atoms with Gasteiger partial charge in [-0.15, -0.1) is 0 Å². The summed E-state index contributed by atoms with van der Waals surface area (Å²) in [6.07, 6.45) is 0.826. The zero-order chi connectivity index (χ0) is 13.8. The van der Waals surface area contributed by atoms with Gasteiger partial charge in [-0.2, -0.15) is 0 Å². The third kappa shape index (κ3) is 4.54. The standard InChI is InChI=1S/C15H25NOS/c1-12(9-10-16)18(17)11-13-5-7-14(8-6-13)15(2,3)4/h5-8,12H,9-11,16H2,1-4H3. The van der Waals surface area contributed by atoms with E-state index in [1.54, 1.807) is 0 Å². The molecule has 0 saturated carbocycles. The summed E-state index contributed by atoms with van der Waals surface area (Å²) in [5.41, 5.74) is 8.12. The van der Waals surface area contributed by atoms with Crippen LogP contribution in [0.5, 0.6) is 0 Å². The Kier molecular flexibility index (Phi) is 5.54. The molecule has 0 radical (unpaired) electrons. The van der Waals surface area contributed by atoms with Crippen LogP contribution in [0.2, 0.25) is 0 Å². The van der Waals surface area contributed by atoms with Crippen molar-refractivity contribution in [2.45, 2.75) is 50.5 Å². The van der Waals surface area contributed by atoms with Crippen molar-refractivity contribution in [3.05, 3.63) is 35.4 Å². The second-order valence-electron chi connectivity index (χ2n) is 5.86. The Hall–Kier alpha value is -0.670. The smallest absolute Gasteiger partial charge is 0.0488 e. The lowest BCUT2D eigenvalue weighted by molar-refractivity contribution is 0.590. The molecule has 0 spiro atoms. The summed E-state index contributed by atoms with van der Waals surface area (Å²) >= 11 is 0. The molecule has 2 nitrogen and oxygen atoms in total. The molecule has 1 rings (SSSR count). The van der Waals surface area contributed by atoms with E-state index in [0.29, 0.717) is 12.3 Å². The first-order chi connectivity index (χ1) is 8.34. The maximum atomic E-state index is 12.0. The number of hydrogen-bond donors (Lipinski definition) is 1. The van der Waals surface area contributed by atoms with Crippen LogP contribution in [0.4, 0.5) is 0 Å². The molecule has 0 bridgehead atoms. The summed E-state index contributed by atoms with van der Waals surface area (Å²) in [4.78, 5) is 0. The van der Waals surface area contributed by atoms with E-state index in [0.717, 1.165) is 12.0 Å². The number of nitrogens with two attached hydrogens (primary N) is 1. The summed E-state index contributed by atoms with van der Waals surface area (Å²) < 4.78 is 12.0. The van der Waals surface area contributed by atoms with Gasteiger partial charge in [0.05, 0.1) is 0 Å². The lowest BCUT2D eigenvalue weighted by Gasteiger charge is -2.19. The fraction of sp³-hybridized carbons (Fsp3) is 0.600. The van der Waals surface area contributed by atoms with Crippen LogP contribution in [0.1, 0.15) is 45.2 Å². The van der Waals surface area contributed by atoms with Gasteiger partial charge in [0.1, 0.15) is 0 Å². The lowest BCUT2D eigenvalue weighted by atomic mass is 9.87. The molecule has 0 saturated heterocycles. The Morgan fingerprint density at radius 2 is 1.78 bits per heavy atom. The van der Waals surface area contributed by atoms with Gasteiger partial charge in [0, 0.05) is 21.8 Å². The van der Waals surface area contributed by atoms with Crippen LogP contribution in [-0.4, -0.2) is 16.0 Å². The van der Waals surface area contributed by atoms with E-state index in [9.17, 15) is 4.21 Å². The Balaban J connectivity index is 2.67. The van der Waals surface area contributed by atoms with E-state index in [1.807, 2.05) is 6.92 Å². The van der Waals surface area contributed by atoms with Crippen LogP contribution in [-0.2, 0) is 22.0 Å². The minimum Gasteiger partial charge on any atom is -0.330 e. The van der Waals surface area contributed by atoms with E-state index in [-0.39, 0.29) is 10.7 Å². The second kappa shape index (κ2) is 6.48. The Morgan fingerprint density at radius 3 is 2.22 bits per heavy atom. The molecule has 0 fully saturated rings. The van der Waals surface area contributed by atoms with Crippen LogP contribution in [0, 0.1) is 0 Å². The highest BCUT2D eigenvalue weighted by Crippen LogP contribution is 2.22. The molecular formula is C15H25NOS. The van der Waals surface area contributed by atoms with Crippen LogP contribution < -0.4 is 5.73 Å². The van der Waals surface area contributed by atoms with Gasteiger partial charge in [-0.1, -0.05) is 52.0 Å². The molecule has 1 aromatic rings. The molecule has 102 valence electrons. The van der Waals surface area contributed by atoms with E-state index in [1.165, 1.54) is 5.56 Å². The quantitative estimate of drug-likeness (QED) is 0.891. The van der Waals surface area contributed by atoms with E-state index < -0.39 is 10.8 Å². The van der Waals surface area contributed by atoms with Crippen LogP contribution >= 0.6 is 0 Å². The highest BCUT2D eigenvalue weighted by atomic mass is 32.2. The summed E-state index contributed by atoms with van der Waals surface area (Å²) in [6.45, 7) is 9.21. The monoisotopic (exact) mass is 267 g/mol. The molecule has 0 aromatic heterocycles. The van der Waals surface area contributed by atoms with Gasteiger partial charge in [0.25, 0.3) is 0 Å². The van der Waals surface area contributed by atoms with E-state index in [2.05, 4.69) is 45.0 Å². The summed E-state index contributed by atoms with van der Waals surface area (Å²) in [5.74, 6) is 0.631. The van der Waals surface area contributed by atoms with Gasteiger partial charge in [-0.25, -0.2) is 0 Å². The van der Waals surface area contributed by atoms with Crippen molar-refractivity contribution in [3.63, 3.8) is 0 Å². The Bertz CT molecular complexity index is 392. The molecule has 0 aliphatic carbocycles. The molecule has 0 heterocycles. The van der Waals surface area contributed by atoms with Gasteiger partial charge in [0.2, 0.25) is 0 Å². The largest absolute Gasteiger partial charge is 0.330 e. The Morgan fingerprint density at radius 1 is 1.22 bits per heavy atom. The number of hydrogen-bond acceptors (Lipinski definition) is 2. The van der Waals surface area contributed by atoms with Crippen LogP contribution in [0.15, 0.2) is 24.3 Å². The average Bonchev–Trinajstić information content (AvgIpc) is 2.28. The summed E-state index contributed by atoms with van der Waals surface area (Å²) in [6, 6.07) is 8.46. The van der Waals surface area contributed by atoms with Gasteiger partial charge in [-0.05, 0) is 29.5 Å². The maximum absolute atomic E-state index is 12.0. The summed E-state index contributed by atoms with van der Waals surface area (Å²) in [7, 11) is -0.823. The third-order valence-corrected chi connectivity index (χ3v) is 4.90. The minimum absolute atomic E-state index is 0.171. The van der Waals surface area contributed by atoms with E-state index >= 15 is 0 Å². The third-order valence-electron chi connectivity index (χ3n) is 3.15. The predicted octanol–water partition coefficient (Wildman–Crippen LogP) is 2.97. The SMILES string of the molecule is CC(CCN)S(=O)Cc1ccc(C(C)(C)C)cc1. The van der Waals surface area contributed by atoms with Crippen LogP contribution in [0.3, 0.4) is 0 Å².